The molecule has 0 unspecified atom stereocenters. The topological polar surface area (TPSA) is 87.7 Å². The van der Waals surface area contributed by atoms with Gasteiger partial charge in [0.05, 0.1) is 9.50 Å². The molecule has 0 radical (unpaired) electrons. The molecule has 0 aromatic heterocycles. The molecule has 0 bridgehead atoms. The highest BCUT2D eigenvalue weighted by atomic mass is 79.9. The third kappa shape index (κ3) is 6.26. The molecule has 184 valence electrons. The molecule has 1 aliphatic heterocycles. The van der Waals surface area contributed by atoms with Gasteiger partial charge in [-0.1, -0.05) is 47.5 Å². The number of hydrogen-bond donors (Lipinski definition) is 2. The molecule has 3 aromatic rings. The fourth-order valence-corrected chi connectivity index (χ4v) is 4.60. The van der Waals surface area contributed by atoms with Crippen LogP contribution in [0.4, 0.5) is 10.5 Å². The predicted octanol–water partition coefficient (Wildman–Crippen LogP) is 6.17. The van der Waals surface area contributed by atoms with Gasteiger partial charge in [-0.2, -0.15) is 0 Å². The van der Waals surface area contributed by atoms with Crippen LogP contribution in [0.2, 0.25) is 10.0 Å². The molecule has 0 aliphatic carbocycles. The third-order valence-corrected chi connectivity index (χ3v) is 6.32. The summed E-state index contributed by atoms with van der Waals surface area (Å²) in [6, 6.07) is 17.1. The van der Waals surface area contributed by atoms with Crippen LogP contribution in [0.25, 0.3) is 6.08 Å². The fourth-order valence-electron chi connectivity index (χ4n) is 3.49. The summed E-state index contributed by atoms with van der Waals surface area (Å²) in [6.07, 6.45) is 1.48. The molecule has 1 heterocycles. The molecule has 1 aliphatic rings. The Morgan fingerprint density at radius 2 is 1.86 bits per heavy atom. The summed E-state index contributed by atoms with van der Waals surface area (Å²) in [7, 11) is 0. The van der Waals surface area contributed by atoms with Crippen LogP contribution in [-0.2, 0) is 16.2 Å². The lowest BCUT2D eigenvalue weighted by Crippen LogP contribution is -2.38. The van der Waals surface area contributed by atoms with E-state index in [1.807, 2.05) is 25.1 Å². The second-order valence-corrected chi connectivity index (χ2v) is 9.72. The van der Waals surface area contributed by atoms with Crippen molar-refractivity contribution in [2.24, 2.45) is 0 Å². The fraction of sp³-hybridized carbons (Fsp3) is 0.115. The Morgan fingerprint density at radius 3 is 2.56 bits per heavy atom. The number of halogens is 3. The highest BCUT2D eigenvalue weighted by Gasteiger charge is 2.35. The summed E-state index contributed by atoms with van der Waals surface area (Å²) in [4.78, 5) is 38.4. The number of nitrogens with zero attached hydrogens (tertiary/aromatic N) is 1. The molecule has 4 amide bonds. The number of urea groups is 1. The number of carbonyl (C=O) groups excluding carboxylic acids is 3. The smallest absolute Gasteiger partial charge is 0.329 e. The Labute approximate surface area is 226 Å². The minimum atomic E-state index is -0.682. The number of imide groups is 1. The summed E-state index contributed by atoms with van der Waals surface area (Å²) in [5, 5.41) is 6.14. The number of benzene rings is 3. The van der Waals surface area contributed by atoms with Crippen molar-refractivity contribution in [1.82, 2.24) is 10.2 Å². The molecule has 1 fully saturated rings. The Balaban J connectivity index is 1.43. The number of hydrogen-bond acceptors (Lipinski definition) is 4. The predicted molar refractivity (Wildman–Crippen MR) is 143 cm³/mol. The van der Waals surface area contributed by atoms with E-state index in [2.05, 4.69) is 26.6 Å². The lowest BCUT2D eigenvalue weighted by molar-refractivity contribution is -0.127. The standard InChI is InChI=1S/C26H20BrCl2N3O4/c1-15-3-2-4-19(9-15)30-23(33)13-32-25(34)22(31-26(32)35)12-17-10-20(27)24(21(29)11-17)36-14-16-5-7-18(28)8-6-16/h2-12H,13-14H2,1H3,(H,30,33)(H,31,35)/b22-12+. The van der Waals surface area contributed by atoms with Crippen LogP contribution in [0.15, 0.2) is 70.8 Å². The van der Waals surface area contributed by atoms with E-state index in [0.29, 0.717) is 31.5 Å². The number of amides is 4. The Hall–Kier alpha value is -3.33. The molecule has 0 atom stereocenters. The monoisotopic (exact) mass is 587 g/mol. The van der Waals surface area contributed by atoms with E-state index in [4.69, 9.17) is 27.9 Å². The second kappa shape index (κ2) is 11.2. The van der Waals surface area contributed by atoms with Crippen molar-refractivity contribution >= 4 is 68.7 Å². The van der Waals surface area contributed by atoms with E-state index < -0.39 is 24.4 Å². The minimum Gasteiger partial charge on any atom is -0.486 e. The van der Waals surface area contributed by atoms with Crippen LogP contribution in [0.3, 0.4) is 0 Å². The molecule has 1 saturated heterocycles. The Bertz CT molecular complexity index is 1350. The van der Waals surface area contributed by atoms with E-state index in [-0.39, 0.29) is 12.3 Å². The largest absolute Gasteiger partial charge is 0.486 e. The zero-order valence-corrected chi connectivity index (χ0v) is 22.1. The van der Waals surface area contributed by atoms with Crippen LogP contribution in [0.1, 0.15) is 16.7 Å². The molecule has 7 nitrogen and oxygen atoms in total. The van der Waals surface area contributed by atoms with Gasteiger partial charge in [0.25, 0.3) is 5.91 Å². The average molecular weight is 589 g/mol. The first kappa shape index (κ1) is 25.8. The number of rotatable bonds is 7. The summed E-state index contributed by atoms with van der Waals surface area (Å²) in [5.74, 6) is -0.668. The van der Waals surface area contributed by atoms with Crippen LogP contribution < -0.4 is 15.4 Å². The van der Waals surface area contributed by atoms with Gasteiger partial charge in [-0.25, -0.2) is 9.69 Å². The quantitative estimate of drug-likeness (QED) is 0.255. The Morgan fingerprint density at radius 1 is 1.11 bits per heavy atom. The van der Waals surface area contributed by atoms with Crippen LogP contribution >= 0.6 is 39.1 Å². The first-order valence-corrected chi connectivity index (χ1v) is 12.3. The first-order valence-electron chi connectivity index (χ1n) is 10.8. The highest BCUT2D eigenvalue weighted by molar-refractivity contribution is 9.10. The Kier molecular flexibility index (Phi) is 7.98. The summed E-state index contributed by atoms with van der Waals surface area (Å²) < 4.78 is 6.41. The number of ether oxygens (including phenoxy) is 1. The van der Waals surface area contributed by atoms with Crippen molar-refractivity contribution in [3.63, 3.8) is 0 Å². The molecular formula is C26H20BrCl2N3O4. The van der Waals surface area contributed by atoms with Gasteiger partial charge in [-0.05, 0) is 82.0 Å². The van der Waals surface area contributed by atoms with Crippen molar-refractivity contribution in [2.75, 3.05) is 11.9 Å². The second-order valence-electron chi connectivity index (χ2n) is 8.03. The van der Waals surface area contributed by atoms with E-state index in [1.54, 1.807) is 42.5 Å². The van der Waals surface area contributed by atoms with Crippen molar-refractivity contribution < 1.29 is 19.1 Å². The van der Waals surface area contributed by atoms with Crippen LogP contribution in [0.5, 0.6) is 5.75 Å². The molecule has 0 saturated carbocycles. The summed E-state index contributed by atoms with van der Waals surface area (Å²) in [5.41, 5.74) is 3.06. The average Bonchev–Trinajstić information content (AvgIpc) is 3.07. The minimum absolute atomic E-state index is 0.0288. The van der Waals surface area contributed by atoms with Gasteiger partial charge in [-0.3, -0.25) is 9.59 Å². The molecule has 2 N–H and O–H groups in total. The maximum absolute atomic E-state index is 12.8. The van der Waals surface area contributed by atoms with Crippen molar-refractivity contribution in [3.8, 4) is 5.75 Å². The van der Waals surface area contributed by atoms with Crippen molar-refractivity contribution in [1.29, 1.82) is 0 Å². The van der Waals surface area contributed by atoms with Gasteiger partial charge in [0.2, 0.25) is 5.91 Å². The highest BCUT2D eigenvalue weighted by Crippen LogP contribution is 2.36. The van der Waals surface area contributed by atoms with Gasteiger partial charge in [0.1, 0.15) is 18.8 Å². The van der Waals surface area contributed by atoms with Crippen LogP contribution in [-0.4, -0.2) is 29.3 Å². The molecular weight excluding hydrogens is 569 g/mol. The molecule has 0 spiro atoms. The first-order chi connectivity index (χ1) is 17.2. The number of aryl methyl sites for hydroxylation is 1. The maximum atomic E-state index is 12.8. The van der Waals surface area contributed by atoms with Gasteiger partial charge in [0, 0.05) is 10.7 Å². The van der Waals surface area contributed by atoms with E-state index in [9.17, 15) is 14.4 Å². The number of anilines is 1. The van der Waals surface area contributed by atoms with Gasteiger partial charge >= 0.3 is 6.03 Å². The lowest BCUT2D eigenvalue weighted by atomic mass is 10.1. The zero-order valence-electron chi connectivity index (χ0n) is 19.0. The van der Waals surface area contributed by atoms with E-state index in [1.165, 1.54) is 6.08 Å². The summed E-state index contributed by atoms with van der Waals surface area (Å²) >= 11 is 15.8. The van der Waals surface area contributed by atoms with Crippen molar-refractivity contribution in [2.45, 2.75) is 13.5 Å². The zero-order chi connectivity index (χ0) is 25.8. The summed E-state index contributed by atoms with van der Waals surface area (Å²) in [6.45, 7) is 1.76. The molecule has 36 heavy (non-hydrogen) atoms. The van der Waals surface area contributed by atoms with E-state index >= 15 is 0 Å². The van der Waals surface area contributed by atoms with Gasteiger partial charge in [0.15, 0.2) is 5.75 Å². The molecule has 4 rings (SSSR count). The SMILES string of the molecule is Cc1cccc(NC(=O)CN2C(=O)N/C(=C/c3cc(Cl)c(OCc4ccc(Cl)cc4)c(Br)c3)C2=O)c1. The third-order valence-electron chi connectivity index (χ3n) is 5.19. The molecule has 10 heteroatoms. The molecule has 3 aromatic carbocycles. The van der Waals surface area contributed by atoms with Crippen molar-refractivity contribution in [3.05, 3.63) is 97.6 Å². The maximum Gasteiger partial charge on any atom is 0.329 e. The number of carbonyl (C=O) groups is 3. The lowest BCUT2D eigenvalue weighted by Gasteiger charge is -2.12. The van der Waals surface area contributed by atoms with Gasteiger partial charge < -0.3 is 15.4 Å². The number of nitrogens with one attached hydrogen (secondary N) is 2. The van der Waals surface area contributed by atoms with Gasteiger partial charge in [-0.15, -0.1) is 0 Å². The van der Waals surface area contributed by atoms with E-state index in [0.717, 1.165) is 16.0 Å². The van der Waals surface area contributed by atoms with Crippen LogP contribution in [0, 0.1) is 6.92 Å². The normalized spacial score (nSPS) is 14.2.